The Labute approximate surface area is 123 Å². The van der Waals surface area contributed by atoms with Crippen LogP contribution in [0.5, 0.6) is 0 Å². The summed E-state index contributed by atoms with van der Waals surface area (Å²) >= 11 is 8.21. The molecule has 0 saturated carbocycles. The molecule has 4 heteroatoms. The van der Waals surface area contributed by atoms with E-state index in [4.69, 9.17) is 0 Å². The van der Waals surface area contributed by atoms with Crippen molar-refractivity contribution in [3.8, 4) is 0 Å². The first-order chi connectivity index (χ1) is 8.73. The average molecular weight is 298 g/mol. The van der Waals surface area contributed by atoms with Gasteiger partial charge in [0.25, 0.3) is 0 Å². The van der Waals surface area contributed by atoms with E-state index >= 15 is 0 Å². The first-order valence-electron chi connectivity index (χ1n) is 6.32. The van der Waals surface area contributed by atoms with Gasteiger partial charge in [0.05, 0.1) is 10.2 Å². The van der Waals surface area contributed by atoms with Gasteiger partial charge in [-0.25, -0.2) is 4.98 Å². The van der Waals surface area contributed by atoms with Gasteiger partial charge in [-0.1, -0.05) is 37.7 Å². The molecule has 2 aromatic rings. The number of benzene rings is 1. The minimum absolute atomic E-state index is 0.353. The maximum Gasteiger partial charge on any atom is 0.151 e. The molecule has 1 nitrogen and oxygen atoms in total. The van der Waals surface area contributed by atoms with Crippen molar-refractivity contribution in [1.29, 1.82) is 0 Å². The summed E-state index contributed by atoms with van der Waals surface area (Å²) in [4.78, 5) is 4.68. The lowest BCUT2D eigenvalue weighted by atomic mass is 9.87. The molecule has 0 unspecified atom stereocenters. The molecule has 0 aliphatic heterocycles. The Bertz CT molecular complexity index is 461. The second-order valence-corrected chi connectivity index (χ2v) is 7.17. The van der Waals surface area contributed by atoms with Crippen LogP contribution in [0.1, 0.15) is 26.7 Å². The molecule has 0 aliphatic rings. The molecular formula is C14H19NS3. The van der Waals surface area contributed by atoms with Crippen LogP contribution < -0.4 is 0 Å². The van der Waals surface area contributed by atoms with Gasteiger partial charge in [0.2, 0.25) is 0 Å². The Balaban J connectivity index is 2.09. The quantitative estimate of drug-likeness (QED) is 0.587. The highest BCUT2D eigenvalue weighted by Gasteiger charge is 2.25. The third-order valence-corrected chi connectivity index (χ3v) is 6.81. The summed E-state index contributed by atoms with van der Waals surface area (Å²) in [6, 6.07) is 8.35. The predicted molar refractivity (Wildman–Crippen MR) is 87.2 cm³/mol. The molecule has 0 fully saturated rings. The molecule has 0 radical (unpaired) electrons. The number of hydrogen-bond acceptors (Lipinski definition) is 4. The van der Waals surface area contributed by atoms with Gasteiger partial charge in [-0.15, -0.1) is 11.3 Å². The van der Waals surface area contributed by atoms with Crippen molar-refractivity contribution in [2.24, 2.45) is 5.41 Å². The third-order valence-electron chi connectivity index (χ3n) is 3.61. The van der Waals surface area contributed by atoms with E-state index in [1.165, 1.54) is 21.9 Å². The third kappa shape index (κ3) is 3.03. The van der Waals surface area contributed by atoms with E-state index < -0.39 is 0 Å². The average Bonchev–Trinajstić information content (AvgIpc) is 2.84. The molecule has 18 heavy (non-hydrogen) atoms. The second-order valence-electron chi connectivity index (χ2n) is 4.60. The van der Waals surface area contributed by atoms with E-state index in [0.717, 1.165) is 17.0 Å². The van der Waals surface area contributed by atoms with Crippen LogP contribution >= 0.6 is 35.7 Å². The van der Waals surface area contributed by atoms with E-state index in [1.807, 2.05) is 17.8 Å². The monoisotopic (exact) mass is 297 g/mol. The Morgan fingerprint density at radius 1 is 1.28 bits per heavy atom. The highest BCUT2D eigenvalue weighted by molar-refractivity contribution is 8.01. The van der Waals surface area contributed by atoms with E-state index in [9.17, 15) is 0 Å². The fraction of sp³-hybridized carbons (Fsp3) is 0.500. The van der Waals surface area contributed by atoms with Gasteiger partial charge >= 0.3 is 0 Å². The lowest BCUT2D eigenvalue weighted by Crippen LogP contribution is -2.24. The maximum absolute atomic E-state index is 4.68. The largest absolute Gasteiger partial charge is 0.230 e. The van der Waals surface area contributed by atoms with Crippen LogP contribution in [-0.4, -0.2) is 16.5 Å². The first kappa shape index (κ1) is 14.2. The van der Waals surface area contributed by atoms with E-state index in [-0.39, 0.29) is 0 Å². The summed E-state index contributed by atoms with van der Waals surface area (Å²) in [5.74, 6) is 2.07. The van der Waals surface area contributed by atoms with Gasteiger partial charge in [-0.2, -0.15) is 12.6 Å². The van der Waals surface area contributed by atoms with Crippen molar-refractivity contribution in [2.75, 3.05) is 11.5 Å². The topological polar surface area (TPSA) is 12.9 Å². The van der Waals surface area contributed by atoms with E-state index in [2.05, 4.69) is 49.7 Å². The Morgan fingerprint density at radius 3 is 2.61 bits per heavy atom. The van der Waals surface area contributed by atoms with Gasteiger partial charge in [0, 0.05) is 5.75 Å². The smallest absolute Gasteiger partial charge is 0.151 e. The molecule has 2 rings (SSSR count). The minimum Gasteiger partial charge on any atom is -0.230 e. The number of aromatic nitrogens is 1. The van der Waals surface area contributed by atoms with Crippen LogP contribution in [0.3, 0.4) is 0 Å². The fourth-order valence-corrected chi connectivity index (χ4v) is 5.04. The number of nitrogens with zero attached hydrogens (tertiary/aromatic N) is 1. The fourth-order valence-electron chi connectivity index (χ4n) is 1.85. The molecular weight excluding hydrogens is 278 g/mol. The maximum atomic E-state index is 4.68. The van der Waals surface area contributed by atoms with Crippen LogP contribution in [0.25, 0.3) is 10.2 Å². The molecule has 0 aliphatic carbocycles. The number of thiazole rings is 1. The van der Waals surface area contributed by atoms with Crippen molar-refractivity contribution in [3.63, 3.8) is 0 Å². The van der Waals surface area contributed by atoms with Crippen molar-refractivity contribution < 1.29 is 0 Å². The van der Waals surface area contributed by atoms with E-state index in [0.29, 0.717) is 5.41 Å². The summed E-state index contributed by atoms with van der Waals surface area (Å²) in [6.07, 6.45) is 2.37. The first-order valence-corrected chi connectivity index (χ1v) is 8.75. The highest BCUT2D eigenvalue weighted by atomic mass is 32.2. The standard InChI is InChI=1S/C14H19NS3/c1-3-14(4-2,9-16)10-17-13-15-11-7-5-6-8-12(11)18-13/h5-8,16H,3-4,9-10H2,1-2H3. The lowest BCUT2D eigenvalue weighted by molar-refractivity contribution is 0.357. The van der Waals surface area contributed by atoms with Crippen LogP contribution in [0.4, 0.5) is 0 Å². The molecule has 0 N–H and O–H groups in total. The van der Waals surface area contributed by atoms with Gasteiger partial charge < -0.3 is 0 Å². The summed E-state index contributed by atoms with van der Waals surface area (Å²) in [6.45, 7) is 4.53. The predicted octanol–water partition coefficient (Wildman–Crippen LogP) is 5.12. The molecule has 0 saturated heterocycles. The number of para-hydroxylation sites is 1. The SMILES string of the molecule is CCC(CC)(CS)CSc1nc2ccccc2s1. The van der Waals surface area contributed by atoms with E-state index in [1.54, 1.807) is 11.3 Å². The zero-order chi connectivity index (χ0) is 13.0. The van der Waals surface area contributed by atoms with Crippen molar-refractivity contribution in [3.05, 3.63) is 24.3 Å². The molecule has 0 atom stereocenters. The number of rotatable bonds is 6. The molecule has 98 valence electrons. The van der Waals surface area contributed by atoms with Crippen molar-refractivity contribution >= 4 is 45.9 Å². The van der Waals surface area contributed by atoms with Crippen molar-refractivity contribution in [2.45, 2.75) is 31.0 Å². The highest BCUT2D eigenvalue weighted by Crippen LogP contribution is 2.37. The number of fused-ring (bicyclic) bond motifs is 1. The Hall–Kier alpha value is -0.190. The zero-order valence-electron chi connectivity index (χ0n) is 10.8. The molecule has 0 bridgehead atoms. The molecule has 0 spiro atoms. The molecule has 1 aromatic carbocycles. The summed E-state index contributed by atoms with van der Waals surface area (Å²) in [5.41, 5.74) is 1.47. The Morgan fingerprint density at radius 2 is 2.00 bits per heavy atom. The summed E-state index contributed by atoms with van der Waals surface area (Å²) < 4.78 is 2.47. The van der Waals surface area contributed by atoms with Crippen LogP contribution in [0.2, 0.25) is 0 Å². The van der Waals surface area contributed by atoms with Gasteiger partial charge in [-0.3, -0.25) is 0 Å². The molecule has 0 amide bonds. The number of thioether (sulfide) groups is 1. The van der Waals surface area contributed by atoms with Crippen molar-refractivity contribution in [1.82, 2.24) is 4.98 Å². The second kappa shape index (κ2) is 6.31. The lowest BCUT2D eigenvalue weighted by Gasteiger charge is -2.28. The van der Waals surface area contributed by atoms with Gasteiger partial charge in [-0.05, 0) is 36.1 Å². The van der Waals surface area contributed by atoms with Crippen LogP contribution in [-0.2, 0) is 0 Å². The van der Waals surface area contributed by atoms with Crippen LogP contribution in [0.15, 0.2) is 28.6 Å². The Kier molecular flexibility index (Phi) is 4.98. The van der Waals surface area contributed by atoms with Gasteiger partial charge in [0.1, 0.15) is 0 Å². The number of thiol groups is 1. The van der Waals surface area contributed by atoms with Gasteiger partial charge in [0.15, 0.2) is 4.34 Å². The molecule has 1 aromatic heterocycles. The van der Waals surface area contributed by atoms with Crippen LogP contribution in [0, 0.1) is 5.41 Å². The summed E-state index contributed by atoms with van der Waals surface area (Å²) in [5, 5.41) is 0. The zero-order valence-corrected chi connectivity index (χ0v) is 13.4. The normalized spacial score (nSPS) is 12.2. The minimum atomic E-state index is 0.353. The number of hydrogen-bond donors (Lipinski definition) is 1. The summed E-state index contributed by atoms with van der Waals surface area (Å²) in [7, 11) is 0. The molecule has 1 heterocycles.